The van der Waals surface area contributed by atoms with Crippen molar-refractivity contribution in [3.8, 4) is 0 Å². The van der Waals surface area contributed by atoms with E-state index in [4.69, 9.17) is 5.11 Å². The smallest absolute Gasteiger partial charge is 0.338 e. The summed E-state index contributed by atoms with van der Waals surface area (Å²) in [5.41, 5.74) is -0.144. The molecular formula is C12H8BrFO4S2. The first kappa shape index (κ1) is 15.1. The molecule has 1 aromatic heterocycles. The molecule has 0 fully saturated rings. The molecule has 0 aliphatic heterocycles. The van der Waals surface area contributed by atoms with Gasteiger partial charge < -0.3 is 5.11 Å². The lowest BCUT2D eigenvalue weighted by atomic mass is 10.2. The number of rotatable bonds is 4. The normalized spacial score (nSPS) is 11.5. The number of hydrogen-bond donors (Lipinski definition) is 1. The average Bonchev–Trinajstić information content (AvgIpc) is 2.83. The van der Waals surface area contributed by atoms with E-state index < -0.39 is 32.1 Å². The van der Waals surface area contributed by atoms with Crippen LogP contribution in [0, 0.1) is 5.82 Å². The molecule has 20 heavy (non-hydrogen) atoms. The Labute approximate surface area is 126 Å². The van der Waals surface area contributed by atoms with Crippen molar-refractivity contribution in [1.29, 1.82) is 0 Å². The second-order valence-corrected chi connectivity index (χ2v) is 7.62. The van der Waals surface area contributed by atoms with Crippen molar-refractivity contribution in [2.45, 2.75) is 10.6 Å². The number of carboxylic acids is 1. The maximum absolute atomic E-state index is 14.0. The van der Waals surface area contributed by atoms with Gasteiger partial charge in [0.1, 0.15) is 4.90 Å². The zero-order valence-corrected chi connectivity index (χ0v) is 13.1. The molecule has 2 aromatic rings. The Kier molecular flexibility index (Phi) is 4.26. The Balaban J connectivity index is 2.54. The Morgan fingerprint density at radius 3 is 2.65 bits per heavy atom. The highest BCUT2D eigenvalue weighted by Crippen LogP contribution is 2.27. The van der Waals surface area contributed by atoms with Crippen molar-refractivity contribution < 1.29 is 22.7 Å². The summed E-state index contributed by atoms with van der Waals surface area (Å²) in [5, 5.41) is 12.2. The van der Waals surface area contributed by atoms with Crippen molar-refractivity contribution >= 4 is 43.1 Å². The molecule has 1 heterocycles. The number of carbonyl (C=O) groups is 1. The summed E-state index contributed by atoms with van der Waals surface area (Å²) >= 11 is 4.32. The van der Waals surface area contributed by atoms with Crippen LogP contribution in [0.1, 0.15) is 15.9 Å². The van der Waals surface area contributed by atoms with E-state index in [1.807, 2.05) is 0 Å². The molecule has 8 heteroatoms. The third-order valence-electron chi connectivity index (χ3n) is 2.51. The third kappa shape index (κ3) is 3.08. The minimum Gasteiger partial charge on any atom is -0.478 e. The zero-order chi connectivity index (χ0) is 14.9. The number of aromatic carboxylic acids is 1. The highest BCUT2D eigenvalue weighted by Gasteiger charge is 2.25. The van der Waals surface area contributed by atoms with Gasteiger partial charge in [-0.25, -0.2) is 17.6 Å². The highest BCUT2D eigenvalue weighted by atomic mass is 79.9. The van der Waals surface area contributed by atoms with E-state index in [-0.39, 0.29) is 10.2 Å². The van der Waals surface area contributed by atoms with Gasteiger partial charge in [0.2, 0.25) is 0 Å². The van der Waals surface area contributed by atoms with Crippen molar-refractivity contribution in [3.05, 3.63) is 50.4 Å². The Morgan fingerprint density at radius 1 is 1.40 bits per heavy atom. The molecular weight excluding hydrogens is 371 g/mol. The van der Waals surface area contributed by atoms with E-state index in [9.17, 15) is 17.6 Å². The average molecular weight is 379 g/mol. The van der Waals surface area contributed by atoms with Crippen LogP contribution >= 0.6 is 27.3 Å². The van der Waals surface area contributed by atoms with Gasteiger partial charge >= 0.3 is 5.97 Å². The first-order valence-corrected chi connectivity index (χ1v) is 8.66. The molecule has 106 valence electrons. The monoisotopic (exact) mass is 378 g/mol. The summed E-state index contributed by atoms with van der Waals surface area (Å²) in [6, 6.07) is 3.72. The Bertz CT molecular complexity index is 754. The lowest BCUT2D eigenvalue weighted by Crippen LogP contribution is -2.11. The fourth-order valence-corrected chi connectivity index (χ4v) is 4.47. The Morgan fingerprint density at radius 2 is 2.10 bits per heavy atom. The second kappa shape index (κ2) is 5.63. The van der Waals surface area contributed by atoms with Crippen LogP contribution in [0.25, 0.3) is 0 Å². The van der Waals surface area contributed by atoms with Crippen LogP contribution < -0.4 is 0 Å². The zero-order valence-electron chi connectivity index (χ0n) is 9.84. The second-order valence-electron chi connectivity index (χ2n) is 3.96. The van der Waals surface area contributed by atoms with Gasteiger partial charge in [-0.15, -0.1) is 0 Å². The van der Waals surface area contributed by atoms with Gasteiger partial charge in [-0.05, 0) is 34.5 Å². The van der Waals surface area contributed by atoms with Crippen LogP contribution in [0.4, 0.5) is 4.39 Å². The topological polar surface area (TPSA) is 71.4 Å². The van der Waals surface area contributed by atoms with E-state index in [0.717, 1.165) is 12.1 Å². The van der Waals surface area contributed by atoms with Crippen molar-refractivity contribution in [3.63, 3.8) is 0 Å². The van der Waals surface area contributed by atoms with Gasteiger partial charge in [0.25, 0.3) is 0 Å². The minimum absolute atomic E-state index is 0.195. The first-order valence-electron chi connectivity index (χ1n) is 5.27. The maximum atomic E-state index is 14.0. The van der Waals surface area contributed by atoms with Gasteiger partial charge in [0, 0.05) is 4.47 Å². The number of carboxylic acid groups (broad SMARTS) is 1. The van der Waals surface area contributed by atoms with Gasteiger partial charge in [-0.3, -0.25) is 0 Å². The van der Waals surface area contributed by atoms with Crippen LogP contribution in [-0.2, 0) is 15.6 Å². The molecule has 4 nitrogen and oxygen atoms in total. The van der Waals surface area contributed by atoms with Gasteiger partial charge in [-0.1, -0.05) is 15.9 Å². The molecule has 0 saturated carbocycles. The fourth-order valence-electron chi connectivity index (χ4n) is 1.62. The largest absolute Gasteiger partial charge is 0.478 e. The number of sulfone groups is 1. The van der Waals surface area contributed by atoms with E-state index >= 15 is 0 Å². The fraction of sp³-hybridized carbons (Fsp3) is 0.0833. The molecule has 0 saturated heterocycles. The quantitative estimate of drug-likeness (QED) is 0.885. The van der Waals surface area contributed by atoms with Crippen molar-refractivity contribution in [2.24, 2.45) is 0 Å². The van der Waals surface area contributed by atoms with Gasteiger partial charge in [-0.2, -0.15) is 11.3 Å². The molecule has 0 spiro atoms. The minimum atomic E-state index is -3.95. The van der Waals surface area contributed by atoms with E-state index in [0.29, 0.717) is 5.56 Å². The first-order chi connectivity index (χ1) is 9.31. The molecule has 0 atom stereocenters. The molecule has 0 bridgehead atoms. The van der Waals surface area contributed by atoms with Crippen LogP contribution in [-0.4, -0.2) is 19.5 Å². The predicted molar refractivity (Wildman–Crippen MR) is 76.3 cm³/mol. The number of benzene rings is 1. The summed E-state index contributed by atoms with van der Waals surface area (Å²) in [6.45, 7) is 0. The van der Waals surface area contributed by atoms with Crippen LogP contribution in [0.5, 0.6) is 0 Å². The van der Waals surface area contributed by atoms with Crippen molar-refractivity contribution in [2.75, 3.05) is 0 Å². The van der Waals surface area contributed by atoms with Crippen molar-refractivity contribution in [1.82, 2.24) is 0 Å². The van der Waals surface area contributed by atoms with Crippen LogP contribution in [0.2, 0.25) is 0 Å². The molecule has 2 rings (SSSR count). The SMILES string of the molecule is O=C(O)c1cc(Br)cc(S(=O)(=O)Cc2ccsc2)c1F. The van der Waals surface area contributed by atoms with Crippen LogP contribution in [0.15, 0.2) is 38.3 Å². The van der Waals surface area contributed by atoms with E-state index in [1.54, 1.807) is 16.8 Å². The molecule has 0 unspecified atom stereocenters. The molecule has 0 aliphatic rings. The standard InChI is InChI=1S/C12H8BrFO4S2/c13-8-3-9(12(15)16)11(14)10(4-8)20(17,18)6-7-1-2-19-5-7/h1-5H,6H2,(H,15,16). The predicted octanol–water partition coefficient (Wildman–Crippen LogP) is 3.32. The molecule has 1 aromatic carbocycles. The molecule has 1 N–H and O–H groups in total. The van der Waals surface area contributed by atoms with E-state index in [2.05, 4.69) is 15.9 Å². The summed E-state index contributed by atoms with van der Waals surface area (Å²) < 4.78 is 38.6. The Hall–Kier alpha value is -1.25. The molecule has 0 aliphatic carbocycles. The summed E-state index contributed by atoms with van der Waals surface area (Å²) in [5.74, 6) is -3.13. The maximum Gasteiger partial charge on any atom is 0.338 e. The van der Waals surface area contributed by atoms with Gasteiger partial charge in [0.05, 0.1) is 11.3 Å². The summed E-state index contributed by atoms with van der Waals surface area (Å²) in [4.78, 5) is 10.3. The summed E-state index contributed by atoms with van der Waals surface area (Å²) in [6.07, 6.45) is 0. The number of thiophene rings is 1. The number of halogens is 2. The number of hydrogen-bond acceptors (Lipinski definition) is 4. The third-order valence-corrected chi connectivity index (χ3v) is 5.38. The lowest BCUT2D eigenvalue weighted by Gasteiger charge is -2.08. The van der Waals surface area contributed by atoms with Gasteiger partial charge in [0.15, 0.2) is 15.7 Å². The molecule has 0 radical (unpaired) electrons. The summed E-state index contributed by atoms with van der Waals surface area (Å²) in [7, 11) is -3.95. The lowest BCUT2D eigenvalue weighted by molar-refractivity contribution is 0.0691. The van der Waals surface area contributed by atoms with Crippen LogP contribution in [0.3, 0.4) is 0 Å². The highest BCUT2D eigenvalue weighted by molar-refractivity contribution is 9.10. The van der Waals surface area contributed by atoms with E-state index in [1.165, 1.54) is 11.3 Å². The molecule has 0 amide bonds.